The summed E-state index contributed by atoms with van der Waals surface area (Å²) in [6.45, 7) is 1.59. The first-order valence-electron chi connectivity index (χ1n) is 6.95. The molecule has 0 spiro atoms. The summed E-state index contributed by atoms with van der Waals surface area (Å²) in [5, 5.41) is 12.4. The van der Waals surface area contributed by atoms with E-state index in [2.05, 4.69) is 5.32 Å². The second kappa shape index (κ2) is 7.91. The maximum atomic E-state index is 12.3. The van der Waals surface area contributed by atoms with Gasteiger partial charge >= 0.3 is 0 Å². The minimum Gasteiger partial charge on any atom is -0.493 e. The molecule has 0 heterocycles. The van der Waals surface area contributed by atoms with Crippen molar-refractivity contribution in [1.29, 1.82) is 5.26 Å². The summed E-state index contributed by atoms with van der Waals surface area (Å²) in [6, 6.07) is 11.5. The van der Waals surface area contributed by atoms with Gasteiger partial charge in [-0.15, -0.1) is 0 Å². The zero-order chi connectivity index (χ0) is 17.7. The topological polar surface area (TPSA) is 71.3 Å². The fraction of sp³-hybridized carbons (Fsp3) is 0.176. The number of carbonyl (C=O) groups excluding carboxylic acids is 1. The number of nitriles is 1. The van der Waals surface area contributed by atoms with Crippen molar-refractivity contribution in [1.82, 2.24) is 0 Å². The van der Waals surface area contributed by atoms with Gasteiger partial charge in [0.05, 0.1) is 29.5 Å². The van der Waals surface area contributed by atoms with Crippen molar-refractivity contribution in [3.8, 4) is 17.6 Å². The molecule has 0 saturated heterocycles. The van der Waals surface area contributed by atoms with Crippen LogP contribution in [0.1, 0.15) is 12.5 Å². The van der Waals surface area contributed by atoms with Crippen molar-refractivity contribution in [2.75, 3.05) is 12.4 Å². The molecule has 5 nitrogen and oxygen atoms in total. The highest BCUT2D eigenvalue weighted by atomic mass is 35.5. The molecule has 7 heteroatoms. The molecule has 1 N–H and O–H groups in total. The van der Waals surface area contributed by atoms with Gasteiger partial charge in [0, 0.05) is 11.1 Å². The number of benzene rings is 2. The molecule has 0 saturated carbocycles. The number of nitrogens with one attached hydrogen (secondary N) is 1. The average molecular weight is 365 g/mol. The molecule has 0 fully saturated rings. The van der Waals surface area contributed by atoms with E-state index in [9.17, 15) is 4.79 Å². The number of rotatable bonds is 5. The summed E-state index contributed by atoms with van der Waals surface area (Å²) in [5.41, 5.74) is 0.832. The van der Waals surface area contributed by atoms with Gasteiger partial charge in [0.25, 0.3) is 5.91 Å². The molecule has 0 aromatic heterocycles. The molecule has 2 aromatic carbocycles. The van der Waals surface area contributed by atoms with Crippen molar-refractivity contribution in [2.24, 2.45) is 0 Å². The molecule has 2 aromatic rings. The summed E-state index contributed by atoms with van der Waals surface area (Å²) in [7, 11) is 1.46. The van der Waals surface area contributed by atoms with Crippen molar-refractivity contribution in [2.45, 2.75) is 13.0 Å². The first-order valence-corrected chi connectivity index (χ1v) is 7.71. The number of ether oxygens (including phenoxy) is 2. The predicted molar refractivity (Wildman–Crippen MR) is 92.9 cm³/mol. The Hall–Kier alpha value is -2.42. The molecule has 0 unspecified atom stereocenters. The van der Waals surface area contributed by atoms with Crippen LogP contribution in [0.15, 0.2) is 36.4 Å². The van der Waals surface area contributed by atoms with E-state index >= 15 is 0 Å². The molecule has 24 heavy (non-hydrogen) atoms. The highest BCUT2D eigenvalue weighted by Crippen LogP contribution is 2.29. The smallest absolute Gasteiger partial charge is 0.265 e. The van der Waals surface area contributed by atoms with Crippen LogP contribution in [0.3, 0.4) is 0 Å². The van der Waals surface area contributed by atoms with Crippen LogP contribution in [-0.2, 0) is 4.79 Å². The molecule has 0 aliphatic rings. The van der Waals surface area contributed by atoms with E-state index in [1.807, 2.05) is 6.07 Å². The molecule has 0 aliphatic heterocycles. The average Bonchev–Trinajstić information content (AvgIpc) is 2.58. The summed E-state index contributed by atoms with van der Waals surface area (Å²) in [4.78, 5) is 12.3. The van der Waals surface area contributed by atoms with Gasteiger partial charge in [-0.05, 0) is 37.3 Å². The zero-order valence-electron chi connectivity index (χ0n) is 13.0. The normalized spacial score (nSPS) is 11.3. The van der Waals surface area contributed by atoms with E-state index in [-0.39, 0.29) is 0 Å². The summed E-state index contributed by atoms with van der Waals surface area (Å²) in [6.07, 6.45) is -0.818. The molecule has 2 rings (SSSR count). The molecule has 0 aliphatic carbocycles. The van der Waals surface area contributed by atoms with E-state index in [1.54, 1.807) is 37.3 Å². The molecule has 0 radical (unpaired) electrons. The molecule has 124 valence electrons. The van der Waals surface area contributed by atoms with Crippen LogP contribution in [0.5, 0.6) is 11.5 Å². The SMILES string of the molecule is COc1cc(C#N)ccc1O[C@H](C)C(=O)Nc1cc(Cl)ccc1Cl. The van der Waals surface area contributed by atoms with Gasteiger partial charge in [-0.3, -0.25) is 4.79 Å². The second-order valence-electron chi connectivity index (χ2n) is 4.85. The number of methoxy groups -OCH3 is 1. The van der Waals surface area contributed by atoms with Gasteiger partial charge in [0.1, 0.15) is 0 Å². The fourth-order valence-corrected chi connectivity index (χ4v) is 2.24. The Labute approximate surface area is 149 Å². The minimum absolute atomic E-state index is 0.358. The Kier molecular flexibility index (Phi) is 5.91. The monoisotopic (exact) mass is 364 g/mol. The number of hydrogen-bond donors (Lipinski definition) is 1. The van der Waals surface area contributed by atoms with Crippen LogP contribution in [0.25, 0.3) is 0 Å². The van der Waals surface area contributed by atoms with Crippen molar-refractivity contribution in [3.05, 3.63) is 52.0 Å². The molecule has 0 bridgehead atoms. The summed E-state index contributed by atoms with van der Waals surface area (Å²) < 4.78 is 10.8. The largest absolute Gasteiger partial charge is 0.493 e. The second-order valence-corrected chi connectivity index (χ2v) is 5.69. The van der Waals surface area contributed by atoms with Crippen LogP contribution in [-0.4, -0.2) is 19.1 Å². The van der Waals surface area contributed by atoms with Gasteiger partial charge < -0.3 is 14.8 Å². The first-order chi connectivity index (χ1) is 11.4. The number of anilines is 1. The third-order valence-corrected chi connectivity index (χ3v) is 3.72. The minimum atomic E-state index is -0.818. The van der Waals surface area contributed by atoms with Gasteiger partial charge in [-0.2, -0.15) is 5.26 Å². The third-order valence-electron chi connectivity index (χ3n) is 3.15. The van der Waals surface area contributed by atoms with Crippen molar-refractivity contribution >= 4 is 34.8 Å². The van der Waals surface area contributed by atoms with Gasteiger partial charge in [-0.25, -0.2) is 0 Å². The lowest BCUT2D eigenvalue weighted by molar-refractivity contribution is -0.122. The van der Waals surface area contributed by atoms with Gasteiger partial charge in [0.2, 0.25) is 0 Å². The van der Waals surface area contributed by atoms with Crippen LogP contribution in [0.2, 0.25) is 10.0 Å². The molecular formula is C17H14Cl2N2O3. The van der Waals surface area contributed by atoms with Crippen molar-refractivity contribution < 1.29 is 14.3 Å². The quantitative estimate of drug-likeness (QED) is 0.859. The lowest BCUT2D eigenvalue weighted by atomic mass is 10.2. The molecular weight excluding hydrogens is 351 g/mol. The zero-order valence-corrected chi connectivity index (χ0v) is 14.5. The lowest BCUT2D eigenvalue weighted by Gasteiger charge is -2.17. The highest BCUT2D eigenvalue weighted by molar-refractivity contribution is 6.35. The van der Waals surface area contributed by atoms with E-state index in [0.717, 1.165) is 0 Å². The number of carbonyl (C=O) groups is 1. The Morgan fingerprint density at radius 1 is 1.21 bits per heavy atom. The number of hydrogen-bond acceptors (Lipinski definition) is 4. The third kappa shape index (κ3) is 4.31. The van der Waals surface area contributed by atoms with Crippen LogP contribution in [0.4, 0.5) is 5.69 Å². The Balaban J connectivity index is 2.12. The predicted octanol–water partition coefficient (Wildman–Crippen LogP) is 4.28. The van der Waals surface area contributed by atoms with Crippen LogP contribution < -0.4 is 14.8 Å². The van der Waals surface area contributed by atoms with Gasteiger partial charge in [0.15, 0.2) is 17.6 Å². The first kappa shape index (κ1) is 17.9. The van der Waals surface area contributed by atoms with E-state index in [1.165, 1.54) is 13.2 Å². The Morgan fingerprint density at radius 3 is 2.62 bits per heavy atom. The fourth-order valence-electron chi connectivity index (χ4n) is 1.91. The Morgan fingerprint density at radius 2 is 1.96 bits per heavy atom. The lowest BCUT2D eigenvalue weighted by Crippen LogP contribution is -2.30. The van der Waals surface area contributed by atoms with Crippen molar-refractivity contribution in [3.63, 3.8) is 0 Å². The number of amides is 1. The summed E-state index contributed by atoms with van der Waals surface area (Å²) in [5.74, 6) is 0.330. The standard InChI is InChI=1S/C17H14Cl2N2O3/c1-10(17(22)21-14-8-12(18)4-5-13(14)19)24-15-6-3-11(9-20)7-16(15)23-2/h3-8,10H,1-2H3,(H,21,22)/t10-/m1/s1. The van der Waals surface area contributed by atoms with E-state index < -0.39 is 12.0 Å². The number of halogens is 2. The van der Waals surface area contributed by atoms with Gasteiger partial charge in [-0.1, -0.05) is 23.2 Å². The van der Waals surface area contributed by atoms with E-state index in [4.69, 9.17) is 37.9 Å². The van der Waals surface area contributed by atoms with Crippen LogP contribution >= 0.6 is 23.2 Å². The molecule has 1 atom stereocenters. The Bertz CT molecular complexity index is 803. The molecule has 1 amide bonds. The number of nitrogens with zero attached hydrogens (tertiary/aromatic N) is 1. The summed E-state index contributed by atoms with van der Waals surface area (Å²) >= 11 is 11.9. The maximum Gasteiger partial charge on any atom is 0.265 e. The highest BCUT2D eigenvalue weighted by Gasteiger charge is 2.18. The van der Waals surface area contributed by atoms with E-state index in [0.29, 0.717) is 32.8 Å². The maximum absolute atomic E-state index is 12.3. The van der Waals surface area contributed by atoms with Crippen LogP contribution in [0, 0.1) is 11.3 Å².